The summed E-state index contributed by atoms with van der Waals surface area (Å²) in [5.74, 6) is 1.17. The van der Waals surface area contributed by atoms with E-state index in [4.69, 9.17) is 4.74 Å². The molecule has 0 aliphatic carbocycles. The van der Waals surface area contributed by atoms with Crippen LogP contribution in [0.5, 0.6) is 11.6 Å². The smallest absolute Gasteiger partial charge is 0.238 e. The minimum atomic E-state index is -0.121. The summed E-state index contributed by atoms with van der Waals surface area (Å²) in [5, 5.41) is 2.71. The average molecular weight is 354 g/mol. The van der Waals surface area contributed by atoms with Crippen molar-refractivity contribution < 1.29 is 14.3 Å². The number of hydrogen-bond donors (Lipinski definition) is 1. The zero-order chi connectivity index (χ0) is 18.5. The maximum atomic E-state index is 11.6. The summed E-state index contributed by atoms with van der Waals surface area (Å²) in [6.07, 6.45) is 5.24. The summed E-state index contributed by atoms with van der Waals surface area (Å²) >= 11 is 0. The molecule has 136 valence electrons. The third kappa shape index (κ3) is 4.56. The summed E-state index contributed by atoms with van der Waals surface area (Å²) < 4.78 is 5.78. The first-order valence-electron chi connectivity index (χ1n) is 8.64. The number of nitrogens with zero attached hydrogens (tertiary/aromatic N) is 3. The molecule has 0 spiro atoms. The Balaban J connectivity index is 1.69. The molecular weight excluding hydrogens is 332 g/mol. The minimum absolute atomic E-state index is 0.0920. The van der Waals surface area contributed by atoms with E-state index in [1.165, 1.54) is 6.92 Å². The Labute approximate surface area is 152 Å². The highest BCUT2D eigenvalue weighted by molar-refractivity contribution is 5.88. The number of hydrogen-bond acceptors (Lipinski definition) is 5. The highest BCUT2D eigenvalue weighted by Gasteiger charge is 2.24. The monoisotopic (exact) mass is 354 g/mol. The molecule has 1 saturated heterocycles. The largest absolute Gasteiger partial charge is 0.437 e. The van der Waals surface area contributed by atoms with E-state index in [1.807, 2.05) is 4.90 Å². The van der Waals surface area contributed by atoms with Gasteiger partial charge in [-0.3, -0.25) is 14.6 Å². The lowest BCUT2D eigenvalue weighted by Gasteiger charge is -2.31. The molecule has 0 bridgehead atoms. The molecule has 1 aromatic heterocycles. The van der Waals surface area contributed by atoms with Crippen molar-refractivity contribution in [3.63, 3.8) is 0 Å². The van der Waals surface area contributed by atoms with Gasteiger partial charge in [-0.05, 0) is 37.1 Å². The predicted molar refractivity (Wildman–Crippen MR) is 97.1 cm³/mol. The van der Waals surface area contributed by atoms with E-state index in [-0.39, 0.29) is 17.7 Å². The van der Waals surface area contributed by atoms with Crippen molar-refractivity contribution in [1.82, 2.24) is 14.9 Å². The third-order valence-electron chi connectivity index (χ3n) is 4.31. The molecule has 1 aromatic carbocycles. The molecule has 3 rings (SSSR count). The highest BCUT2D eigenvalue weighted by Crippen LogP contribution is 2.27. The second-order valence-corrected chi connectivity index (χ2v) is 6.39. The van der Waals surface area contributed by atoms with Gasteiger partial charge < -0.3 is 15.0 Å². The topological polar surface area (TPSA) is 84.4 Å². The van der Waals surface area contributed by atoms with Crippen LogP contribution in [0.3, 0.4) is 0 Å². The van der Waals surface area contributed by atoms with E-state index < -0.39 is 0 Å². The number of piperidine rings is 1. The highest BCUT2D eigenvalue weighted by atomic mass is 16.5. The van der Waals surface area contributed by atoms with Crippen molar-refractivity contribution in [2.45, 2.75) is 32.6 Å². The number of rotatable bonds is 4. The molecular formula is C19H22N4O3. The van der Waals surface area contributed by atoms with Crippen molar-refractivity contribution in [2.75, 3.05) is 18.4 Å². The third-order valence-corrected chi connectivity index (χ3v) is 4.31. The molecule has 2 heterocycles. The van der Waals surface area contributed by atoms with Crippen molar-refractivity contribution in [1.29, 1.82) is 0 Å². The van der Waals surface area contributed by atoms with Gasteiger partial charge in [0.1, 0.15) is 5.75 Å². The van der Waals surface area contributed by atoms with Crippen molar-refractivity contribution in [2.24, 2.45) is 0 Å². The van der Waals surface area contributed by atoms with Gasteiger partial charge in [0.15, 0.2) is 0 Å². The summed E-state index contributed by atoms with van der Waals surface area (Å²) in [7, 11) is 0. The Morgan fingerprint density at radius 2 is 1.96 bits per heavy atom. The number of ether oxygens (including phenoxy) is 1. The van der Waals surface area contributed by atoms with Crippen LogP contribution >= 0.6 is 0 Å². The Morgan fingerprint density at radius 1 is 1.19 bits per heavy atom. The van der Waals surface area contributed by atoms with Crippen LogP contribution in [0.2, 0.25) is 0 Å². The number of aromatic nitrogens is 2. The first-order valence-corrected chi connectivity index (χ1v) is 8.64. The van der Waals surface area contributed by atoms with Crippen LogP contribution in [0.15, 0.2) is 36.7 Å². The minimum Gasteiger partial charge on any atom is -0.437 e. The van der Waals surface area contributed by atoms with Crippen molar-refractivity contribution >= 4 is 17.5 Å². The zero-order valence-electron chi connectivity index (χ0n) is 14.9. The van der Waals surface area contributed by atoms with Gasteiger partial charge in [0, 0.05) is 44.7 Å². The van der Waals surface area contributed by atoms with Gasteiger partial charge in [-0.25, -0.2) is 4.98 Å². The van der Waals surface area contributed by atoms with E-state index in [0.29, 0.717) is 23.9 Å². The van der Waals surface area contributed by atoms with Crippen LogP contribution in [0.25, 0.3) is 0 Å². The molecule has 1 aliphatic rings. The van der Waals surface area contributed by atoms with Gasteiger partial charge in [0.25, 0.3) is 0 Å². The number of carbonyl (C=O) groups is 2. The van der Waals surface area contributed by atoms with Gasteiger partial charge in [-0.1, -0.05) is 0 Å². The first kappa shape index (κ1) is 17.8. The lowest BCUT2D eigenvalue weighted by atomic mass is 9.95. The molecule has 1 N–H and O–H groups in total. The Kier molecular flexibility index (Phi) is 5.46. The van der Waals surface area contributed by atoms with Crippen molar-refractivity contribution in [3.8, 4) is 11.6 Å². The molecule has 1 fully saturated rings. The summed E-state index contributed by atoms with van der Waals surface area (Å²) in [4.78, 5) is 33.3. The molecule has 0 unspecified atom stereocenters. The van der Waals surface area contributed by atoms with Gasteiger partial charge in [0.05, 0.1) is 11.9 Å². The maximum Gasteiger partial charge on any atom is 0.238 e. The molecule has 1 atom stereocenters. The van der Waals surface area contributed by atoms with Crippen LogP contribution in [0.4, 0.5) is 5.69 Å². The van der Waals surface area contributed by atoms with Gasteiger partial charge in [-0.2, -0.15) is 0 Å². The fraction of sp³-hybridized carbons (Fsp3) is 0.368. The second kappa shape index (κ2) is 7.95. The van der Waals surface area contributed by atoms with Crippen molar-refractivity contribution in [3.05, 3.63) is 42.4 Å². The molecule has 26 heavy (non-hydrogen) atoms. The molecule has 7 heteroatoms. The van der Waals surface area contributed by atoms with Crippen LogP contribution in [-0.4, -0.2) is 39.8 Å². The normalized spacial score (nSPS) is 16.8. The molecule has 0 radical (unpaired) electrons. The predicted octanol–water partition coefficient (Wildman–Crippen LogP) is 2.95. The SMILES string of the molecule is CC(=O)Nc1ccc(Oc2cncc([C@@H]3CCCN(C(C)=O)C3)n2)cc1. The molecule has 1 aliphatic heterocycles. The number of nitrogens with one attached hydrogen (secondary N) is 1. The van der Waals surface area contributed by atoms with Crippen LogP contribution in [-0.2, 0) is 9.59 Å². The fourth-order valence-electron chi connectivity index (χ4n) is 3.04. The van der Waals surface area contributed by atoms with E-state index in [0.717, 1.165) is 25.1 Å². The van der Waals surface area contributed by atoms with Crippen LogP contribution in [0, 0.1) is 0 Å². The second-order valence-electron chi connectivity index (χ2n) is 6.39. The molecule has 2 aromatic rings. The lowest BCUT2D eigenvalue weighted by molar-refractivity contribution is -0.130. The Hall–Kier alpha value is -2.96. The van der Waals surface area contributed by atoms with E-state index >= 15 is 0 Å². The maximum absolute atomic E-state index is 11.6. The lowest BCUT2D eigenvalue weighted by Crippen LogP contribution is -2.37. The van der Waals surface area contributed by atoms with E-state index in [9.17, 15) is 9.59 Å². The average Bonchev–Trinajstić information content (AvgIpc) is 2.63. The van der Waals surface area contributed by atoms with Crippen LogP contribution in [0.1, 0.15) is 38.3 Å². The zero-order valence-corrected chi connectivity index (χ0v) is 14.9. The first-order chi connectivity index (χ1) is 12.5. The number of benzene rings is 1. The van der Waals surface area contributed by atoms with E-state index in [2.05, 4.69) is 15.3 Å². The molecule has 0 saturated carbocycles. The number of carbonyl (C=O) groups excluding carboxylic acids is 2. The Morgan fingerprint density at radius 3 is 2.65 bits per heavy atom. The van der Waals surface area contributed by atoms with Gasteiger partial charge in [-0.15, -0.1) is 0 Å². The summed E-state index contributed by atoms with van der Waals surface area (Å²) in [5.41, 5.74) is 1.54. The van der Waals surface area contributed by atoms with E-state index in [1.54, 1.807) is 43.6 Å². The Bertz CT molecular complexity index is 792. The fourth-order valence-corrected chi connectivity index (χ4v) is 3.04. The number of likely N-dealkylation sites (tertiary alicyclic amines) is 1. The molecule has 2 amide bonds. The quantitative estimate of drug-likeness (QED) is 0.912. The molecule has 7 nitrogen and oxygen atoms in total. The van der Waals surface area contributed by atoms with Crippen LogP contribution < -0.4 is 10.1 Å². The number of amides is 2. The van der Waals surface area contributed by atoms with Gasteiger partial charge >= 0.3 is 0 Å². The van der Waals surface area contributed by atoms with Gasteiger partial charge in [0.2, 0.25) is 17.7 Å². The standard InChI is InChI=1S/C19H22N4O3/c1-13(24)21-16-5-7-17(8-6-16)26-19-11-20-10-18(22-19)15-4-3-9-23(12-15)14(2)25/h5-8,10-11,15H,3-4,9,12H2,1-2H3,(H,21,24)/t15-/m1/s1. The summed E-state index contributed by atoms with van der Waals surface area (Å²) in [6.45, 7) is 4.52. The summed E-state index contributed by atoms with van der Waals surface area (Å²) in [6, 6.07) is 7.05. The number of anilines is 1.